The van der Waals surface area contributed by atoms with Crippen molar-refractivity contribution in [2.45, 2.75) is 52.1 Å². The van der Waals surface area contributed by atoms with Crippen molar-refractivity contribution in [3.8, 4) is 0 Å². The third-order valence-electron chi connectivity index (χ3n) is 6.51. The van der Waals surface area contributed by atoms with Gasteiger partial charge in [-0.2, -0.15) is 9.49 Å². The first-order valence-electron chi connectivity index (χ1n) is 11.3. The van der Waals surface area contributed by atoms with Crippen LogP contribution in [0.25, 0.3) is 0 Å². The van der Waals surface area contributed by atoms with Gasteiger partial charge in [0.2, 0.25) is 5.95 Å². The van der Waals surface area contributed by atoms with Crippen molar-refractivity contribution in [1.29, 1.82) is 0 Å². The summed E-state index contributed by atoms with van der Waals surface area (Å²) < 4.78 is 29.1. The lowest BCUT2D eigenvalue weighted by atomic mass is 9.71. The van der Waals surface area contributed by atoms with Crippen molar-refractivity contribution >= 4 is 29.3 Å². The first kappa shape index (κ1) is 24.9. The van der Waals surface area contributed by atoms with Crippen molar-refractivity contribution in [2.24, 2.45) is 5.41 Å². The van der Waals surface area contributed by atoms with Crippen LogP contribution < -0.4 is 5.32 Å². The number of aromatic nitrogens is 5. The molecule has 0 unspecified atom stereocenters. The van der Waals surface area contributed by atoms with Crippen LogP contribution in [0.2, 0.25) is 5.02 Å². The highest BCUT2D eigenvalue weighted by atomic mass is 35.5. The van der Waals surface area contributed by atoms with Gasteiger partial charge in [-0.15, -0.1) is 10.2 Å². The van der Waals surface area contributed by atoms with E-state index in [9.17, 15) is 18.7 Å². The number of benzene rings is 1. The zero-order valence-electron chi connectivity index (χ0n) is 19.4. The van der Waals surface area contributed by atoms with Crippen LogP contribution in [-0.4, -0.2) is 53.9 Å². The lowest BCUT2D eigenvalue weighted by Gasteiger charge is -2.44. The molecule has 2 aromatic heterocycles. The number of piperidine rings is 1. The Balaban J connectivity index is 1.54. The number of hydrogen-bond donors (Lipinski definition) is 3. The molecule has 1 aliphatic heterocycles. The number of aromatic amines is 1. The summed E-state index contributed by atoms with van der Waals surface area (Å²) in [6.07, 6.45) is 0.998. The van der Waals surface area contributed by atoms with Gasteiger partial charge < -0.3 is 10.4 Å². The van der Waals surface area contributed by atoms with Crippen LogP contribution in [0.3, 0.4) is 0 Å². The summed E-state index contributed by atoms with van der Waals surface area (Å²) in [5.74, 6) is -1.96. The maximum Gasteiger partial charge on any atom is 0.310 e. The molecule has 9 nitrogen and oxygen atoms in total. The van der Waals surface area contributed by atoms with Crippen LogP contribution >= 0.6 is 11.6 Å². The summed E-state index contributed by atoms with van der Waals surface area (Å²) in [5.41, 5.74) is -0.0701. The van der Waals surface area contributed by atoms with Gasteiger partial charge in [0.25, 0.3) is 5.95 Å². The highest BCUT2D eigenvalue weighted by Crippen LogP contribution is 2.40. The topological polar surface area (TPSA) is 120 Å². The quantitative estimate of drug-likeness (QED) is 0.415. The molecule has 0 amide bonds. The molecule has 4 rings (SSSR count). The van der Waals surface area contributed by atoms with E-state index in [-0.39, 0.29) is 42.0 Å². The SMILES string of the molecule is CC[C@@H]1C[C@](Cc2nc(Nc3cc(C)[nH]n3)nnc2F)(C(=O)O)CCN1Cc1cccc(Cl)c1F. The van der Waals surface area contributed by atoms with E-state index in [4.69, 9.17) is 11.6 Å². The van der Waals surface area contributed by atoms with E-state index >= 15 is 0 Å². The fourth-order valence-corrected chi connectivity index (χ4v) is 4.77. The van der Waals surface area contributed by atoms with Crippen molar-refractivity contribution in [3.05, 3.63) is 58.0 Å². The van der Waals surface area contributed by atoms with Gasteiger partial charge in [0, 0.05) is 36.3 Å². The van der Waals surface area contributed by atoms with E-state index in [1.165, 1.54) is 6.07 Å². The Hall–Kier alpha value is -3.18. The molecule has 1 saturated heterocycles. The van der Waals surface area contributed by atoms with Gasteiger partial charge in [-0.3, -0.25) is 14.8 Å². The van der Waals surface area contributed by atoms with E-state index in [0.29, 0.717) is 30.9 Å². The molecule has 0 spiro atoms. The molecule has 3 aromatic rings. The fraction of sp³-hybridized carbons (Fsp3) is 0.435. The molecule has 3 N–H and O–H groups in total. The summed E-state index contributed by atoms with van der Waals surface area (Å²) in [7, 11) is 0. The lowest BCUT2D eigenvalue weighted by molar-refractivity contribution is -0.154. The Bertz CT molecular complexity index is 1220. The van der Waals surface area contributed by atoms with Gasteiger partial charge in [-0.1, -0.05) is 30.7 Å². The van der Waals surface area contributed by atoms with Crippen molar-refractivity contribution in [2.75, 3.05) is 11.9 Å². The minimum absolute atomic E-state index is 0.0225. The van der Waals surface area contributed by atoms with Crippen molar-refractivity contribution < 1.29 is 18.7 Å². The summed E-state index contributed by atoms with van der Waals surface area (Å²) in [6, 6.07) is 6.42. The number of halogens is 3. The van der Waals surface area contributed by atoms with Crippen LogP contribution in [0.5, 0.6) is 0 Å². The maximum absolute atomic E-state index is 14.6. The van der Waals surface area contributed by atoms with E-state index in [1.54, 1.807) is 18.2 Å². The second-order valence-electron chi connectivity index (χ2n) is 8.90. The predicted molar refractivity (Wildman–Crippen MR) is 125 cm³/mol. The molecule has 12 heteroatoms. The highest BCUT2D eigenvalue weighted by molar-refractivity contribution is 6.30. The minimum Gasteiger partial charge on any atom is -0.481 e. The molecule has 35 heavy (non-hydrogen) atoms. The van der Waals surface area contributed by atoms with Gasteiger partial charge in [-0.05, 0) is 38.8 Å². The minimum atomic E-state index is -1.25. The van der Waals surface area contributed by atoms with E-state index in [0.717, 1.165) is 5.69 Å². The number of aryl methyl sites for hydroxylation is 1. The molecule has 2 atom stereocenters. The second kappa shape index (κ2) is 10.2. The number of carbonyl (C=O) groups is 1. The van der Waals surface area contributed by atoms with E-state index in [1.807, 2.05) is 13.8 Å². The monoisotopic (exact) mass is 505 g/mol. The molecule has 1 fully saturated rings. The summed E-state index contributed by atoms with van der Waals surface area (Å²) in [6.45, 7) is 4.47. The number of carboxylic acid groups (broad SMARTS) is 1. The Morgan fingerprint density at radius 2 is 2.17 bits per heavy atom. The van der Waals surface area contributed by atoms with Gasteiger partial charge >= 0.3 is 5.97 Å². The molecule has 0 saturated carbocycles. The Morgan fingerprint density at radius 3 is 2.86 bits per heavy atom. The molecule has 186 valence electrons. The lowest BCUT2D eigenvalue weighted by Crippen LogP contribution is -2.50. The smallest absolute Gasteiger partial charge is 0.310 e. The number of carboxylic acids is 1. The average molecular weight is 506 g/mol. The van der Waals surface area contributed by atoms with Crippen LogP contribution in [-0.2, 0) is 17.8 Å². The molecule has 0 bridgehead atoms. The Labute approximate surface area is 205 Å². The van der Waals surface area contributed by atoms with Gasteiger partial charge in [-0.25, -0.2) is 9.37 Å². The van der Waals surface area contributed by atoms with Crippen LogP contribution in [0.15, 0.2) is 24.3 Å². The molecule has 1 aliphatic rings. The normalized spacial score (nSPS) is 20.7. The number of nitrogens with zero attached hydrogens (tertiary/aromatic N) is 5. The van der Waals surface area contributed by atoms with E-state index in [2.05, 4.69) is 35.6 Å². The number of aliphatic carboxylic acids is 1. The largest absolute Gasteiger partial charge is 0.481 e. The van der Waals surface area contributed by atoms with Gasteiger partial charge in [0.15, 0.2) is 5.82 Å². The highest BCUT2D eigenvalue weighted by Gasteiger charge is 2.46. The number of hydrogen-bond acceptors (Lipinski definition) is 7. The number of likely N-dealkylation sites (tertiary alicyclic amines) is 1. The third-order valence-corrected chi connectivity index (χ3v) is 6.81. The molecule has 1 aromatic carbocycles. The number of rotatable bonds is 8. The molecule has 0 radical (unpaired) electrons. The number of nitrogens with one attached hydrogen (secondary N) is 2. The summed E-state index contributed by atoms with van der Waals surface area (Å²) >= 11 is 5.92. The summed E-state index contributed by atoms with van der Waals surface area (Å²) in [5, 5.41) is 27.1. The van der Waals surface area contributed by atoms with Crippen molar-refractivity contribution in [1.82, 2.24) is 30.3 Å². The maximum atomic E-state index is 14.6. The number of anilines is 2. The molecule has 3 heterocycles. The Kier molecular flexibility index (Phi) is 7.27. The van der Waals surface area contributed by atoms with Gasteiger partial charge in [0.1, 0.15) is 11.5 Å². The fourth-order valence-electron chi connectivity index (χ4n) is 4.58. The first-order chi connectivity index (χ1) is 16.7. The predicted octanol–water partition coefficient (Wildman–Crippen LogP) is 4.27. The third kappa shape index (κ3) is 5.40. The molecular weight excluding hydrogens is 480 g/mol. The second-order valence-corrected chi connectivity index (χ2v) is 9.30. The van der Waals surface area contributed by atoms with Gasteiger partial charge in [0.05, 0.1) is 10.4 Å². The van der Waals surface area contributed by atoms with E-state index < -0.39 is 23.1 Å². The zero-order valence-corrected chi connectivity index (χ0v) is 20.1. The standard InChI is InChI=1S/C23H26ClF2N7O2/c1-3-15-10-23(21(34)35,7-8-33(15)12-14-5-4-6-16(24)19(14)25)11-17-20(26)31-32-22(27-17)28-18-9-13(2)29-30-18/h4-6,9,15H,3,7-8,10-12H2,1-2H3,(H,34,35)(H2,27,28,29,30,32)/t15-,23-/m1/s1. The van der Waals surface area contributed by atoms with Crippen molar-refractivity contribution in [3.63, 3.8) is 0 Å². The Morgan fingerprint density at radius 1 is 1.37 bits per heavy atom. The average Bonchev–Trinajstić information content (AvgIpc) is 3.24. The molecule has 0 aliphatic carbocycles. The summed E-state index contributed by atoms with van der Waals surface area (Å²) in [4.78, 5) is 18.7. The number of H-pyrrole nitrogens is 1. The van der Waals surface area contributed by atoms with Crippen LogP contribution in [0, 0.1) is 24.1 Å². The molecular formula is C23H26ClF2N7O2. The van der Waals surface area contributed by atoms with Crippen LogP contribution in [0.1, 0.15) is 43.1 Å². The zero-order chi connectivity index (χ0) is 25.2. The van der Waals surface area contributed by atoms with Crippen LogP contribution in [0.4, 0.5) is 20.5 Å². The first-order valence-corrected chi connectivity index (χ1v) is 11.7.